The van der Waals surface area contributed by atoms with E-state index in [1.54, 1.807) is 0 Å². The minimum Gasteiger partial charge on any atom is -0.0622 e. The van der Waals surface area contributed by atoms with Gasteiger partial charge < -0.3 is 0 Å². The minimum absolute atomic E-state index is 0.522. The maximum atomic E-state index is 2.29. The van der Waals surface area contributed by atoms with E-state index in [1.807, 2.05) is 0 Å². The van der Waals surface area contributed by atoms with Crippen LogP contribution in [0, 0.1) is 0 Å². The first-order valence-electron chi connectivity index (χ1n) is 8.72. The lowest BCUT2D eigenvalue weighted by Crippen LogP contribution is -1.97. The summed E-state index contributed by atoms with van der Waals surface area (Å²) < 4.78 is 0. The first-order valence-corrected chi connectivity index (χ1v) is 8.72. The molecule has 0 saturated heterocycles. The molecule has 0 aliphatic heterocycles. The Morgan fingerprint density at radius 3 is 1.92 bits per heavy atom. The molecule has 3 aromatic rings. The first-order chi connectivity index (χ1) is 11.8. The van der Waals surface area contributed by atoms with Crippen molar-refractivity contribution in [2.24, 2.45) is 0 Å². The molecule has 0 heterocycles. The van der Waals surface area contributed by atoms with Crippen molar-refractivity contribution in [3.63, 3.8) is 0 Å². The van der Waals surface area contributed by atoms with Crippen molar-refractivity contribution in [1.29, 1.82) is 0 Å². The molecule has 118 valence electrons. The highest BCUT2D eigenvalue weighted by molar-refractivity contribution is 6.04. The Morgan fingerprint density at radius 2 is 1.29 bits per heavy atom. The van der Waals surface area contributed by atoms with E-state index in [0.29, 0.717) is 5.92 Å². The Kier molecular flexibility index (Phi) is 3.82. The Morgan fingerprint density at radius 1 is 0.667 bits per heavy atom. The van der Waals surface area contributed by atoms with Gasteiger partial charge in [0.15, 0.2) is 0 Å². The molecule has 0 amide bonds. The van der Waals surface area contributed by atoms with Crippen molar-refractivity contribution in [3.8, 4) is 0 Å². The fraction of sp³-hybridized carbons (Fsp3) is 0.167. The molecule has 0 N–H and O–H groups in total. The molecular weight excluding hydrogens is 288 g/mol. The van der Waals surface area contributed by atoms with Crippen LogP contribution in [0.3, 0.4) is 0 Å². The number of allylic oxidation sites excluding steroid dienone is 1. The zero-order valence-corrected chi connectivity index (χ0v) is 14.3. The van der Waals surface area contributed by atoms with Crippen molar-refractivity contribution in [2.75, 3.05) is 0 Å². The molecule has 3 aromatic carbocycles. The van der Waals surface area contributed by atoms with E-state index < -0.39 is 0 Å². The van der Waals surface area contributed by atoms with Crippen molar-refractivity contribution in [1.82, 2.24) is 0 Å². The van der Waals surface area contributed by atoms with Gasteiger partial charge >= 0.3 is 0 Å². The van der Waals surface area contributed by atoms with Gasteiger partial charge in [0, 0.05) is 0 Å². The van der Waals surface area contributed by atoms with Crippen LogP contribution in [0.1, 0.15) is 47.6 Å². The molecule has 0 fully saturated rings. The maximum absolute atomic E-state index is 2.29. The third kappa shape index (κ3) is 2.49. The topological polar surface area (TPSA) is 0 Å². The molecule has 0 aromatic heterocycles. The van der Waals surface area contributed by atoms with Gasteiger partial charge in [-0.3, -0.25) is 0 Å². The monoisotopic (exact) mass is 310 g/mol. The lowest BCUT2D eigenvalue weighted by Gasteiger charge is -2.16. The zero-order valence-electron chi connectivity index (χ0n) is 14.3. The van der Waals surface area contributed by atoms with Crippen LogP contribution < -0.4 is 0 Å². The molecule has 0 heteroatoms. The number of hydrogen-bond donors (Lipinski definition) is 0. The summed E-state index contributed by atoms with van der Waals surface area (Å²) in [6.45, 7) is 4.58. The Hall–Kier alpha value is -2.60. The molecule has 0 radical (unpaired) electrons. The van der Waals surface area contributed by atoms with Crippen molar-refractivity contribution < 1.29 is 0 Å². The fourth-order valence-electron chi connectivity index (χ4n) is 3.79. The molecule has 0 bridgehead atoms. The van der Waals surface area contributed by atoms with Gasteiger partial charge in [-0.2, -0.15) is 0 Å². The normalized spacial score (nSPS) is 13.5. The Balaban J connectivity index is 2.01. The molecule has 24 heavy (non-hydrogen) atoms. The predicted molar refractivity (Wildman–Crippen MR) is 103 cm³/mol. The number of hydrogen-bond acceptors (Lipinski definition) is 0. The summed E-state index contributed by atoms with van der Waals surface area (Å²) in [4.78, 5) is 0. The van der Waals surface area contributed by atoms with Crippen LogP contribution in [0.2, 0.25) is 0 Å². The number of rotatable bonds is 3. The molecule has 0 nitrogen and oxygen atoms in total. The van der Waals surface area contributed by atoms with Crippen LogP contribution in [0.5, 0.6) is 0 Å². The van der Waals surface area contributed by atoms with Gasteiger partial charge in [0.05, 0.1) is 0 Å². The van der Waals surface area contributed by atoms with E-state index in [0.717, 1.165) is 6.42 Å². The van der Waals surface area contributed by atoms with Crippen molar-refractivity contribution >= 4 is 11.1 Å². The SMILES string of the molecule is CC(C)c1cccc2c1C(c1ccccc1)=C(c1ccccc1)C2. The maximum Gasteiger partial charge on any atom is -0.000718 e. The highest BCUT2D eigenvalue weighted by Crippen LogP contribution is 2.45. The molecule has 4 rings (SSSR count). The summed E-state index contributed by atoms with van der Waals surface area (Å²) in [6.07, 6.45) is 1.02. The van der Waals surface area contributed by atoms with Crippen LogP contribution >= 0.6 is 0 Å². The molecular formula is C24H22. The van der Waals surface area contributed by atoms with Gasteiger partial charge in [-0.1, -0.05) is 92.7 Å². The number of fused-ring (bicyclic) bond motifs is 1. The third-order valence-corrected chi connectivity index (χ3v) is 4.91. The largest absolute Gasteiger partial charge is 0.0622 e. The van der Waals surface area contributed by atoms with Crippen LogP contribution in [0.25, 0.3) is 11.1 Å². The fourth-order valence-corrected chi connectivity index (χ4v) is 3.79. The van der Waals surface area contributed by atoms with Gasteiger partial charge in [0.25, 0.3) is 0 Å². The summed E-state index contributed by atoms with van der Waals surface area (Å²) in [5.74, 6) is 0.522. The third-order valence-electron chi connectivity index (χ3n) is 4.91. The average Bonchev–Trinajstić information content (AvgIpc) is 3.02. The van der Waals surface area contributed by atoms with Crippen LogP contribution in [-0.2, 0) is 6.42 Å². The van der Waals surface area contributed by atoms with E-state index in [2.05, 4.69) is 92.7 Å². The van der Waals surface area contributed by atoms with E-state index in [-0.39, 0.29) is 0 Å². The summed E-state index contributed by atoms with van der Waals surface area (Å²) in [5.41, 5.74) is 9.89. The van der Waals surface area contributed by atoms with Crippen LogP contribution in [0.4, 0.5) is 0 Å². The molecule has 1 aliphatic carbocycles. The summed E-state index contributed by atoms with van der Waals surface area (Å²) >= 11 is 0. The highest BCUT2D eigenvalue weighted by atomic mass is 14.3. The first kappa shape index (κ1) is 15.0. The van der Waals surface area contributed by atoms with Gasteiger partial charge in [-0.05, 0) is 51.3 Å². The van der Waals surface area contributed by atoms with Gasteiger partial charge in [-0.25, -0.2) is 0 Å². The summed E-state index contributed by atoms with van der Waals surface area (Å²) in [5, 5.41) is 0. The lowest BCUT2D eigenvalue weighted by atomic mass is 9.88. The lowest BCUT2D eigenvalue weighted by molar-refractivity contribution is 0.861. The second kappa shape index (κ2) is 6.13. The van der Waals surface area contributed by atoms with Crippen LogP contribution in [-0.4, -0.2) is 0 Å². The second-order valence-electron chi connectivity index (χ2n) is 6.80. The van der Waals surface area contributed by atoms with Gasteiger partial charge in [-0.15, -0.1) is 0 Å². The molecule has 0 atom stereocenters. The van der Waals surface area contributed by atoms with Crippen LogP contribution in [0.15, 0.2) is 78.9 Å². The molecule has 0 spiro atoms. The highest BCUT2D eigenvalue weighted by Gasteiger charge is 2.26. The Bertz CT molecular complexity index is 884. The van der Waals surface area contributed by atoms with Gasteiger partial charge in [0.1, 0.15) is 0 Å². The summed E-state index contributed by atoms with van der Waals surface area (Å²) in [6, 6.07) is 28.5. The van der Waals surface area contributed by atoms with E-state index in [9.17, 15) is 0 Å². The molecule has 0 unspecified atom stereocenters. The van der Waals surface area contributed by atoms with E-state index in [1.165, 1.54) is 39.0 Å². The summed E-state index contributed by atoms with van der Waals surface area (Å²) in [7, 11) is 0. The molecule has 0 saturated carbocycles. The number of benzene rings is 3. The molecule has 1 aliphatic rings. The van der Waals surface area contributed by atoms with Crippen molar-refractivity contribution in [2.45, 2.75) is 26.2 Å². The average molecular weight is 310 g/mol. The van der Waals surface area contributed by atoms with Gasteiger partial charge in [0.2, 0.25) is 0 Å². The van der Waals surface area contributed by atoms with E-state index in [4.69, 9.17) is 0 Å². The smallest absolute Gasteiger partial charge is 0.000718 e. The quantitative estimate of drug-likeness (QED) is 0.530. The van der Waals surface area contributed by atoms with Crippen molar-refractivity contribution in [3.05, 3.63) is 107 Å². The Labute approximate surface area is 144 Å². The second-order valence-corrected chi connectivity index (χ2v) is 6.80. The predicted octanol–water partition coefficient (Wildman–Crippen LogP) is 6.33. The van der Waals surface area contributed by atoms with E-state index >= 15 is 0 Å². The zero-order chi connectivity index (χ0) is 16.5. The standard InChI is InChI=1S/C24H22/c1-17(2)21-15-9-14-20-16-22(18-10-5-3-6-11-18)23(24(20)21)19-12-7-4-8-13-19/h3-15,17H,16H2,1-2H3. The minimum atomic E-state index is 0.522.